The summed E-state index contributed by atoms with van der Waals surface area (Å²) in [7, 11) is 2.03. The van der Waals surface area contributed by atoms with Gasteiger partial charge in [-0.1, -0.05) is 48.2 Å². The van der Waals surface area contributed by atoms with Gasteiger partial charge in [0.25, 0.3) is 0 Å². The number of allylic oxidation sites excluding steroid dienone is 2. The van der Waals surface area contributed by atoms with E-state index in [9.17, 15) is 5.26 Å². The highest BCUT2D eigenvalue weighted by Crippen LogP contribution is 2.51. The van der Waals surface area contributed by atoms with Gasteiger partial charge in [-0.05, 0) is 36.3 Å². The zero-order valence-electron chi connectivity index (χ0n) is 13.9. The molecule has 0 amide bonds. The molecule has 4 heteroatoms. The topological polar surface area (TPSA) is 32.0 Å². The minimum atomic E-state index is 0.307. The number of aromatic nitrogens is 1. The largest absolute Gasteiger partial charge is 0.354 e. The van der Waals surface area contributed by atoms with Crippen molar-refractivity contribution in [3.63, 3.8) is 0 Å². The number of fused-ring (bicyclic) bond motifs is 6. The Kier molecular flexibility index (Phi) is 3.19. The van der Waals surface area contributed by atoms with E-state index in [0.29, 0.717) is 11.3 Å². The summed E-state index contributed by atoms with van der Waals surface area (Å²) < 4.78 is 2.38. The third kappa shape index (κ3) is 2.06. The van der Waals surface area contributed by atoms with Crippen LogP contribution in [0.4, 0.5) is 0 Å². The molecule has 0 N–H and O–H groups in total. The Morgan fingerprint density at radius 1 is 1.08 bits per heavy atom. The highest BCUT2D eigenvalue weighted by atomic mass is 32.2. The molecule has 3 heterocycles. The lowest BCUT2D eigenvalue weighted by Gasteiger charge is -2.39. The number of nitrogens with zero attached hydrogens (tertiary/aromatic N) is 3. The van der Waals surface area contributed by atoms with Crippen LogP contribution in [0.5, 0.6) is 0 Å². The number of hydrogen-bond donors (Lipinski definition) is 0. The van der Waals surface area contributed by atoms with Gasteiger partial charge in [0.2, 0.25) is 0 Å². The number of hydrogen-bond acceptors (Lipinski definition) is 3. The molecule has 2 aromatic carbocycles. The zero-order chi connectivity index (χ0) is 17.0. The summed E-state index contributed by atoms with van der Waals surface area (Å²) in [6.45, 7) is 0. The van der Waals surface area contributed by atoms with Crippen molar-refractivity contribution in [1.29, 1.82) is 5.26 Å². The van der Waals surface area contributed by atoms with Crippen LogP contribution in [0, 0.1) is 11.3 Å². The lowest BCUT2D eigenvalue weighted by atomic mass is 9.91. The predicted molar refractivity (Wildman–Crippen MR) is 102 cm³/mol. The summed E-state index contributed by atoms with van der Waals surface area (Å²) in [6, 6.07) is 21.6. The fourth-order valence-electron chi connectivity index (χ4n) is 4.03. The Morgan fingerprint density at radius 3 is 2.64 bits per heavy atom. The predicted octanol–water partition coefficient (Wildman–Crippen LogP) is 4.89. The summed E-state index contributed by atoms with van der Waals surface area (Å²) >= 11 is 1.88. The van der Waals surface area contributed by atoms with Crippen LogP contribution in [0.2, 0.25) is 0 Å². The highest BCUT2D eigenvalue weighted by molar-refractivity contribution is 8.00. The smallest absolute Gasteiger partial charge is 0.117 e. The van der Waals surface area contributed by atoms with Crippen LogP contribution in [-0.2, 0) is 0 Å². The molecule has 122 valence electrons. The van der Waals surface area contributed by atoms with E-state index in [-0.39, 0.29) is 0 Å². The van der Waals surface area contributed by atoms with Crippen molar-refractivity contribution in [1.82, 2.24) is 9.47 Å². The molecule has 0 fully saturated rings. The van der Waals surface area contributed by atoms with Crippen molar-refractivity contribution in [2.24, 2.45) is 0 Å². The number of para-hydroxylation sites is 2. The molecule has 0 spiro atoms. The average molecular weight is 343 g/mol. The maximum absolute atomic E-state index is 9.49. The minimum absolute atomic E-state index is 0.307. The van der Waals surface area contributed by atoms with Gasteiger partial charge in [0.1, 0.15) is 11.8 Å². The number of benzene rings is 2. The van der Waals surface area contributed by atoms with Crippen LogP contribution in [-0.4, -0.2) is 21.9 Å². The first kappa shape index (κ1) is 14.7. The molecule has 2 aliphatic heterocycles. The van der Waals surface area contributed by atoms with Crippen molar-refractivity contribution < 1.29 is 0 Å². The van der Waals surface area contributed by atoms with Gasteiger partial charge in [-0.15, -0.1) is 0 Å². The summed E-state index contributed by atoms with van der Waals surface area (Å²) in [4.78, 5) is 2.12. The quantitative estimate of drug-likeness (QED) is 0.630. The number of nitriles is 1. The molecule has 2 unspecified atom stereocenters. The van der Waals surface area contributed by atoms with Gasteiger partial charge in [-0.3, -0.25) is 0 Å². The van der Waals surface area contributed by atoms with Crippen LogP contribution in [0.3, 0.4) is 0 Å². The maximum atomic E-state index is 9.49. The molecule has 25 heavy (non-hydrogen) atoms. The van der Waals surface area contributed by atoms with Gasteiger partial charge in [0, 0.05) is 24.0 Å². The number of rotatable bonds is 1. The molecule has 0 aliphatic carbocycles. The Balaban J connectivity index is 1.83. The van der Waals surface area contributed by atoms with E-state index < -0.39 is 0 Å². The molecule has 3 aromatic rings. The van der Waals surface area contributed by atoms with Crippen molar-refractivity contribution >= 4 is 22.7 Å². The summed E-state index contributed by atoms with van der Waals surface area (Å²) in [6.07, 6.45) is 3.21. The standard InChI is InChI=1S/C21H17N3S/c1-23-16(13-22)11-14-12-19(23)25-21-20(14)17-9-5-6-10-18(17)24(21)15-7-3-2-4-8-15/h2-11,14,19H,12H2,1H3. The van der Waals surface area contributed by atoms with Crippen molar-refractivity contribution in [3.05, 3.63) is 71.9 Å². The molecule has 2 atom stereocenters. The van der Waals surface area contributed by atoms with Crippen LogP contribution >= 0.6 is 11.8 Å². The number of thioether (sulfide) groups is 1. The SMILES string of the molecule is CN1C(C#N)=CC2CC1Sc1c2c2ccccc2n1-c1ccccc1. The molecule has 0 radical (unpaired) electrons. The first-order valence-electron chi connectivity index (χ1n) is 8.48. The normalized spacial score (nSPS) is 21.6. The fraction of sp³-hybridized carbons (Fsp3) is 0.190. The molecule has 1 aromatic heterocycles. The molecule has 2 aliphatic rings. The second kappa shape index (κ2) is 5.44. The summed E-state index contributed by atoms with van der Waals surface area (Å²) in [5.74, 6) is 0.307. The molecule has 0 saturated carbocycles. The Hall–Kier alpha value is -2.64. The fourth-order valence-corrected chi connectivity index (χ4v) is 5.56. The highest BCUT2D eigenvalue weighted by Gasteiger charge is 2.38. The molecule has 3 nitrogen and oxygen atoms in total. The van der Waals surface area contributed by atoms with Gasteiger partial charge in [0.15, 0.2) is 0 Å². The molecule has 5 rings (SSSR count). The Labute approximate surface area is 151 Å². The second-order valence-corrected chi connectivity index (χ2v) is 7.76. The van der Waals surface area contributed by atoms with E-state index in [1.807, 2.05) is 18.8 Å². The van der Waals surface area contributed by atoms with Crippen LogP contribution in [0.25, 0.3) is 16.6 Å². The van der Waals surface area contributed by atoms with E-state index in [1.165, 1.54) is 27.2 Å². The molecular weight excluding hydrogens is 326 g/mol. The Morgan fingerprint density at radius 2 is 1.84 bits per heavy atom. The lowest BCUT2D eigenvalue weighted by molar-refractivity contribution is 0.349. The van der Waals surface area contributed by atoms with E-state index in [0.717, 1.165) is 12.1 Å². The third-order valence-corrected chi connectivity index (χ3v) is 6.65. The lowest BCUT2D eigenvalue weighted by Crippen LogP contribution is -2.35. The van der Waals surface area contributed by atoms with E-state index in [4.69, 9.17) is 0 Å². The van der Waals surface area contributed by atoms with E-state index in [2.05, 4.69) is 76.2 Å². The van der Waals surface area contributed by atoms with Crippen molar-refractivity contribution in [2.45, 2.75) is 22.7 Å². The minimum Gasteiger partial charge on any atom is -0.354 e. The zero-order valence-corrected chi connectivity index (χ0v) is 14.7. The third-order valence-electron chi connectivity index (χ3n) is 5.24. The van der Waals surface area contributed by atoms with E-state index in [1.54, 1.807) is 0 Å². The van der Waals surface area contributed by atoms with E-state index >= 15 is 0 Å². The summed E-state index contributed by atoms with van der Waals surface area (Å²) in [5.41, 5.74) is 4.60. The first-order chi connectivity index (χ1) is 12.3. The van der Waals surface area contributed by atoms with Gasteiger partial charge in [0.05, 0.1) is 15.9 Å². The average Bonchev–Trinajstić information content (AvgIpc) is 2.99. The van der Waals surface area contributed by atoms with Crippen LogP contribution in [0.15, 0.2) is 71.4 Å². The van der Waals surface area contributed by atoms with Crippen molar-refractivity contribution in [3.8, 4) is 11.8 Å². The van der Waals surface area contributed by atoms with Gasteiger partial charge in [-0.2, -0.15) is 5.26 Å². The maximum Gasteiger partial charge on any atom is 0.117 e. The van der Waals surface area contributed by atoms with Crippen LogP contribution < -0.4 is 0 Å². The molecule has 0 saturated heterocycles. The molecular formula is C21H17N3S. The van der Waals surface area contributed by atoms with Gasteiger partial charge < -0.3 is 9.47 Å². The van der Waals surface area contributed by atoms with Gasteiger partial charge in [-0.25, -0.2) is 0 Å². The van der Waals surface area contributed by atoms with Crippen LogP contribution in [0.1, 0.15) is 17.9 Å². The Bertz CT molecular complexity index is 1040. The van der Waals surface area contributed by atoms with Gasteiger partial charge >= 0.3 is 0 Å². The monoisotopic (exact) mass is 343 g/mol. The van der Waals surface area contributed by atoms with Crippen molar-refractivity contribution in [2.75, 3.05) is 7.05 Å². The second-order valence-electron chi connectivity index (χ2n) is 6.60. The first-order valence-corrected chi connectivity index (χ1v) is 9.36. The summed E-state index contributed by atoms with van der Waals surface area (Å²) in [5, 5.41) is 12.4. The molecule has 2 bridgehead atoms.